The van der Waals surface area contributed by atoms with Crippen molar-refractivity contribution in [3.8, 4) is 17.3 Å². The fraction of sp³-hybridized carbons (Fsp3) is 0.0714. The van der Waals surface area contributed by atoms with E-state index in [0.29, 0.717) is 20.9 Å². The number of carbonyl (C=O) groups is 1. The molecule has 0 aliphatic heterocycles. The first-order valence-electron chi connectivity index (χ1n) is 6.21. The summed E-state index contributed by atoms with van der Waals surface area (Å²) in [6.45, 7) is 0. The van der Waals surface area contributed by atoms with Gasteiger partial charge in [-0.1, -0.05) is 23.7 Å². The first-order chi connectivity index (χ1) is 10.5. The lowest BCUT2D eigenvalue weighted by Gasteiger charge is -2.06. The normalized spacial score (nSPS) is 10.8. The summed E-state index contributed by atoms with van der Waals surface area (Å²) in [4.78, 5) is 20.9. The number of fused-ring (bicyclic) bond motifs is 1. The van der Waals surface area contributed by atoms with Crippen molar-refractivity contribution < 1.29 is 9.53 Å². The number of primary amides is 1. The average Bonchev–Trinajstić information content (AvgIpc) is 2.83. The molecule has 6 nitrogen and oxygen atoms in total. The lowest BCUT2D eigenvalue weighted by atomic mass is 10.1. The minimum Gasteiger partial charge on any atom is -0.467 e. The minimum atomic E-state index is -0.600. The number of aromatic nitrogens is 2. The summed E-state index contributed by atoms with van der Waals surface area (Å²) in [7, 11) is 1.47. The second kappa shape index (κ2) is 5.43. The molecule has 0 saturated carbocycles. The zero-order valence-corrected chi connectivity index (χ0v) is 13.0. The van der Waals surface area contributed by atoms with E-state index in [9.17, 15) is 4.79 Å². The summed E-state index contributed by atoms with van der Waals surface area (Å²) >= 11 is 7.15. The number of methoxy groups -OCH3 is 1. The molecule has 0 saturated heterocycles. The Labute approximate surface area is 134 Å². The Bertz CT molecular complexity index is 894. The van der Waals surface area contributed by atoms with E-state index in [1.54, 1.807) is 18.2 Å². The van der Waals surface area contributed by atoms with Crippen LogP contribution in [0.5, 0.6) is 6.01 Å². The summed E-state index contributed by atoms with van der Waals surface area (Å²) < 4.78 is 5.12. The molecule has 2 heterocycles. The zero-order chi connectivity index (χ0) is 15.9. The largest absolute Gasteiger partial charge is 0.467 e. The van der Waals surface area contributed by atoms with Gasteiger partial charge in [0.25, 0.3) is 5.91 Å². The van der Waals surface area contributed by atoms with Crippen molar-refractivity contribution in [3.05, 3.63) is 34.2 Å². The van der Waals surface area contributed by atoms with Gasteiger partial charge in [0.05, 0.1) is 23.9 Å². The molecule has 0 bridgehead atoms. The number of benzene rings is 1. The van der Waals surface area contributed by atoms with Crippen molar-refractivity contribution in [1.82, 2.24) is 9.97 Å². The highest BCUT2D eigenvalue weighted by molar-refractivity contribution is 7.21. The van der Waals surface area contributed by atoms with Crippen LogP contribution in [0.2, 0.25) is 5.02 Å². The van der Waals surface area contributed by atoms with Crippen LogP contribution >= 0.6 is 22.9 Å². The maximum absolute atomic E-state index is 11.5. The number of nitrogen functional groups attached to an aromatic ring is 1. The molecule has 0 radical (unpaired) electrons. The Morgan fingerprint density at radius 1 is 1.36 bits per heavy atom. The van der Waals surface area contributed by atoms with Crippen LogP contribution in [0, 0.1) is 0 Å². The topological polar surface area (TPSA) is 104 Å². The smallest absolute Gasteiger partial charge is 0.318 e. The molecule has 0 unspecified atom stereocenters. The average molecular weight is 335 g/mol. The number of nitrogens with zero attached hydrogens (tertiary/aromatic N) is 2. The molecule has 8 heteroatoms. The molecule has 1 amide bonds. The van der Waals surface area contributed by atoms with E-state index < -0.39 is 5.91 Å². The first-order valence-corrected chi connectivity index (χ1v) is 7.40. The van der Waals surface area contributed by atoms with E-state index in [4.69, 9.17) is 27.8 Å². The third-order valence-electron chi connectivity index (χ3n) is 3.07. The molecule has 0 aliphatic rings. The Morgan fingerprint density at radius 3 is 2.77 bits per heavy atom. The Hall–Kier alpha value is -2.38. The second-order valence-electron chi connectivity index (χ2n) is 4.46. The standard InChI is InChI=1S/C14H11ClN4O2S/c1-21-14-18-10(6-3-2-4-7(15)5-6)8-9(16)11(12(17)20)22-13(8)19-14/h2-5H,16H2,1H3,(H2,17,20). The van der Waals surface area contributed by atoms with Gasteiger partial charge < -0.3 is 16.2 Å². The molecule has 22 heavy (non-hydrogen) atoms. The van der Waals surface area contributed by atoms with Crippen molar-refractivity contribution in [2.75, 3.05) is 12.8 Å². The maximum atomic E-state index is 11.5. The number of anilines is 1. The Balaban J connectivity index is 2.39. The quantitative estimate of drug-likeness (QED) is 0.766. The summed E-state index contributed by atoms with van der Waals surface area (Å²) in [6.07, 6.45) is 0. The first kappa shape index (κ1) is 14.6. The van der Waals surface area contributed by atoms with Crippen LogP contribution in [0.25, 0.3) is 21.5 Å². The Morgan fingerprint density at radius 2 is 2.14 bits per heavy atom. The van der Waals surface area contributed by atoms with Crippen LogP contribution < -0.4 is 16.2 Å². The van der Waals surface area contributed by atoms with Gasteiger partial charge >= 0.3 is 6.01 Å². The van der Waals surface area contributed by atoms with Crippen LogP contribution in [0.1, 0.15) is 9.67 Å². The van der Waals surface area contributed by atoms with E-state index in [1.165, 1.54) is 7.11 Å². The fourth-order valence-corrected chi connectivity index (χ4v) is 3.25. The van der Waals surface area contributed by atoms with Crippen LogP contribution in [0.3, 0.4) is 0 Å². The van der Waals surface area contributed by atoms with Gasteiger partial charge in [0.15, 0.2) is 0 Å². The van der Waals surface area contributed by atoms with Crippen molar-refractivity contribution in [2.24, 2.45) is 5.73 Å². The predicted octanol–water partition coefficient (Wildman–Crippen LogP) is 2.70. The molecule has 0 aliphatic carbocycles. The van der Waals surface area contributed by atoms with Gasteiger partial charge in [0.2, 0.25) is 0 Å². The zero-order valence-electron chi connectivity index (χ0n) is 11.5. The lowest BCUT2D eigenvalue weighted by molar-refractivity contribution is 0.100. The van der Waals surface area contributed by atoms with E-state index in [-0.39, 0.29) is 16.6 Å². The number of hydrogen-bond acceptors (Lipinski definition) is 6. The van der Waals surface area contributed by atoms with Crippen LogP contribution in [-0.2, 0) is 0 Å². The number of thiophene rings is 1. The summed E-state index contributed by atoms with van der Waals surface area (Å²) in [5.74, 6) is -0.600. The number of amides is 1. The van der Waals surface area contributed by atoms with Gasteiger partial charge in [-0.3, -0.25) is 4.79 Å². The third kappa shape index (κ3) is 2.34. The summed E-state index contributed by atoms with van der Waals surface area (Å²) in [5.41, 5.74) is 13.0. The number of ether oxygens (including phenoxy) is 1. The predicted molar refractivity (Wildman–Crippen MR) is 87.3 cm³/mol. The van der Waals surface area contributed by atoms with Gasteiger partial charge in [-0.25, -0.2) is 0 Å². The van der Waals surface area contributed by atoms with E-state index >= 15 is 0 Å². The summed E-state index contributed by atoms with van der Waals surface area (Å²) in [6, 6.07) is 7.33. The maximum Gasteiger partial charge on any atom is 0.318 e. The molecule has 3 aromatic rings. The van der Waals surface area contributed by atoms with Crippen LogP contribution in [-0.4, -0.2) is 23.0 Å². The van der Waals surface area contributed by atoms with E-state index in [2.05, 4.69) is 9.97 Å². The number of hydrogen-bond donors (Lipinski definition) is 2. The molecule has 3 rings (SSSR count). The highest BCUT2D eigenvalue weighted by Crippen LogP contribution is 2.39. The van der Waals surface area contributed by atoms with Gasteiger partial charge in [-0.05, 0) is 12.1 Å². The number of carbonyl (C=O) groups excluding carboxylic acids is 1. The highest BCUT2D eigenvalue weighted by atomic mass is 35.5. The number of nitrogens with two attached hydrogens (primary N) is 2. The molecule has 0 fully saturated rings. The van der Waals surface area contributed by atoms with Crippen LogP contribution in [0.4, 0.5) is 5.69 Å². The van der Waals surface area contributed by atoms with Gasteiger partial charge in [0, 0.05) is 10.6 Å². The Kier molecular flexibility index (Phi) is 3.59. The molecule has 4 N–H and O–H groups in total. The molecule has 1 aromatic carbocycles. The summed E-state index contributed by atoms with van der Waals surface area (Å²) in [5, 5.41) is 1.13. The van der Waals surface area contributed by atoms with Gasteiger partial charge in [0.1, 0.15) is 9.71 Å². The SMILES string of the molecule is COc1nc(-c2cccc(Cl)c2)c2c(N)c(C(N)=O)sc2n1. The molecule has 0 spiro atoms. The van der Waals surface area contributed by atoms with Crippen LogP contribution in [0.15, 0.2) is 24.3 Å². The van der Waals surface area contributed by atoms with Crippen molar-refractivity contribution in [1.29, 1.82) is 0 Å². The fourth-order valence-electron chi connectivity index (χ4n) is 2.12. The van der Waals surface area contributed by atoms with Gasteiger partial charge in [-0.15, -0.1) is 11.3 Å². The van der Waals surface area contributed by atoms with Crippen molar-refractivity contribution in [2.45, 2.75) is 0 Å². The van der Waals surface area contributed by atoms with E-state index in [0.717, 1.165) is 16.9 Å². The van der Waals surface area contributed by atoms with Gasteiger partial charge in [-0.2, -0.15) is 9.97 Å². The minimum absolute atomic E-state index is 0.180. The molecule has 0 atom stereocenters. The van der Waals surface area contributed by atoms with E-state index in [1.807, 2.05) is 6.07 Å². The number of halogens is 1. The lowest BCUT2D eigenvalue weighted by Crippen LogP contribution is -2.10. The highest BCUT2D eigenvalue weighted by Gasteiger charge is 2.21. The van der Waals surface area contributed by atoms with Crippen molar-refractivity contribution >= 4 is 44.7 Å². The number of rotatable bonds is 3. The molecular formula is C14H11ClN4O2S. The monoisotopic (exact) mass is 334 g/mol. The third-order valence-corrected chi connectivity index (χ3v) is 4.42. The molecule has 112 valence electrons. The molecule has 2 aromatic heterocycles. The van der Waals surface area contributed by atoms with Crippen molar-refractivity contribution in [3.63, 3.8) is 0 Å². The second-order valence-corrected chi connectivity index (χ2v) is 5.89. The molecular weight excluding hydrogens is 324 g/mol.